The fraction of sp³-hybridized carbons (Fsp3) is 0.400. The molecule has 3 rings (SSSR count). The minimum Gasteiger partial charge on any atom is -0.406 e. The first-order chi connectivity index (χ1) is 18.4. The van der Waals surface area contributed by atoms with Crippen molar-refractivity contribution in [2.45, 2.75) is 19.3 Å². The molecule has 10 nitrogen and oxygen atoms in total. The molecule has 0 saturated carbocycles. The number of hydrogen-bond acceptors (Lipinski definition) is 10. The molecule has 1 aromatic heterocycles. The fourth-order valence-corrected chi connectivity index (χ4v) is 3.21. The van der Waals surface area contributed by atoms with Crippen LogP contribution < -0.4 is 26.4 Å². The monoisotopic (exact) mass is 535 g/mol. The van der Waals surface area contributed by atoms with E-state index in [0.29, 0.717) is 63.9 Å². The molecule has 0 unspecified atom stereocenters. The number of rotatable bonds is 17. The van der Waals surface area contributed by atoms with Gasteiger partial charge in [0.15, 0.2) is 0 Å². The van der Waals surface area contributed by atoms with E-state index in [1.165, 1.54) is 29.8 Å². The Morgan fingerprint density at radius 2 is 1.29 bits per heavy atom. The maximum Gasteiger partial charge on any atom is 0.573 e. The molecule has 0 bridgehead atoms. The van der Waals surface area contributed by atoms with Gasteiger partial charge in [0, 0.05) is 26.2 Å². The molecule has 5 N–H and O–H groups in total. The molecule has 1 heterocycles. The van der Waals surface area contributed by atoms with Crippen molar-refractivity contribution in [1.29, 1.82) is 0 Å². The van der Waals surface area contributed by atoms with Crippen LogP contribution in [-0.4, -0.2) is 67.4 Å². The molecule has 0 saturated heterocycles. The molecule has 0 aliphatic rings. The number of benzene rings is 2. The van der Waals surface area contributed by atoms with Gasteiger partial charge in [-0.3, -0.25) is 0 Å². The number of aromatic nitrogens is 3. The van der Waals surface area contributed by atoms with E-state index in [-0.39, 0.29) is 12.3 Å². The molecule has 0 aliphatic heterocycles. The number of hydrogen-bond donors (Lipinski definition) is 4. The van der Waals surface area contributed by atoms with Crippen molar-refractivity contribution in [3.63, 3.8) is 0 Å². The maximum absolute atomic E-state index is 12.4. The summed E-state index contributed by atoms with van der Waals surface area (Å²) < 4.78 is 51.8. The van der Waals surface area contributed by atoms with E-state index in [1.54, 1.807) is 0 Å². The third kappa shape index (κ3) is 11.6. The van der Waals surface area contributed by atoms with Crippen LogP contribution in [-0.2, 0) is 22.4 Å². The van der Waals surface area contributed by atoms with Crippen LogP contribution in [0.3, 0.4) is 0 Å². The van der Waals surface area contributed by atoms with Crippen LogP contribution in [0.4, 0.5) is 31.0 Å². The Bertz CT molecular complexity index is 1070. The standard InChI is InChI=1S/C25H32F3N7O3/c26-25(27,28)38-21-8-6-20(7-9-21)18-32-24-34-22(30-12-10-19-4-2-1-3-5-19)33-23(35-24)31-13-15-37-17-16-36-14-11-29/h1-9H,10-18,29H2,(H3,30,31,32,33,34,35). The van der Waals surface area contributed by atoms with Crippen LogP contribution in [0.2, 0.25) is 0 Å². The zero-order chi connectivity index (χ0) is 27.1. The largest absolute Gasteiger partial charge is 0.573 e. The molecular weight excluding hydrogens is 503 g/mol. The minimum atomic E-state index is -4.73. The van der Waals surface area contributed by atoms with Gasteiger partial charge in [0.2, 0.25) is 17.8 Å². The SMILES string of the molecule is NCCOCCOCCNc1nc(NCCc2ccccc2)nc(NCc2ccc(OC(F)(F)F)cc2)n1. The van der Waals surface area contributed by atoms with Crippen molar-refractivity contribution in [3.05, 3.63) is 65.7 Å². The van der Waals surface area contributed by atoms with Crippen molar-refractivity contribution in [1.82, 2.24) is 15.0 Å². The zero-order valence-corrected chi connectivity index (χ0v) is 20.8. The molecule has 0 amide bonds. The highest BCUT2D eigenvalue weighted by atomic mass is 19.4. The molecule has 0 aliphatic carbocycles. The Labute approximate surface area is 219 Å². The van der Waals surface area contributed by atoms with E-state index in [0.717, 1.165) is 12.0 Å². The number of ether oxygens (including phenoxy) is 3. The zero-order valence-electron chi connectivity index (χ0n) is 20.8. The highest BCUT2D eigenvalue weighted by molar-refractivity contribution is 5.43. The summed E-state index contributed by atoms with van der Waals surface area (Å²) in [5.41, 5.74) is 7.27. The molecule has 0 spiro atoms. The van der Waals surface area contributed by atoms with E-state index < -0.39 is 6.36 Å². The molecule has 0 fully saturated rings. The van der Waals surface area contributed by atoms with Crippen LogP contribution in [0.5, 0.6) is 5.75 Å². The van der Waals surface area contributed by atoms with Crippen molar-refractivity contribution >= 4 is 17.8 Å². The second-order valence-electron chi connectivity index (χ2n) is 7.95. The first-order valence-corrected chi connectivity index (χ1v) is 12.1. The third-order valence-corrected chi connectivity index (χ3v) is 4.95. The predicted octanol–water partition coefficient (Wildman–Crippen LogP) is 3.44. The Morgan fingerprint density at radius 3 is 1.92 bits per heavy atom. The Balaban J connectivity index is 1.56. The Kier molecular flexibility index (Phi) is 11.8. The van der Waals surface area contributed by atoms with Crippen LogP contribution in [0.1, 0.15) is 11.1 Å². The topological polar surface area (TPSA) is 128 Å². The smallest absolute Gasteiger partial charge is 0.406 e. The van der Waals surface area contributed by atoms with E-state index in [4.69, 9.17) is 15.2 Å². The van der Waals surface area contributed by atoms with Gasteiger partial charge in [0.25, 0.3) is 0 Å². The lowest BCUT2D eigenvalue weighted by Crippen LogP contribution is -2.17. The average molecular weight is 536 g/mol. The third-order valence-electron chi connectivity index (χ3n) is 4.95. The summed E-state index contributed by atoms with van der Waals surface area (Å²) in [7, 11) is 0. The molecule has 38 heavy (non-hydrogen) atoms. The molecule has 206 valence electrons. The molecule has 2 aromatic carbocycles. The first kappa shape index (κ1) is 28.9. The van der Waals surface area contributed by atoms with Crippen molar-refractivity contribution in [2.75, 3.05) is 62.0 Å². The van der Waals surface area contributed by atoms with Gasteiger partial charge < -0.3 is 35.9 Å². The summed E-state index contributed by atoms with van der Waals surface area (Å²) in [5.74, 6) is 0.745. The lowest BCUT2D eigenvalue weighted by atomic mass is 10.1. The Hall–Kier alpha value is -3.68. The molecular formula is C25H32F3N7O3. The number of anilines is 3. The van der Waals surface area contributed by atoms with Crippen molar-refractivity contribution < 1.29 is 27.4 Å². The summed E-state index contributed by atoms with van der Waals surface area (Å²) in [5, 5.41) is 9.40. The predicted molar refractivity (Wildman–Crippen MR) is 138 cm³/mol. The first-order valence-electron chi connectivity index (χ1n) is 12.1. The lowest BCUT2D eigenvalue weighted by molar-refractivity contribution is -0.274. The average Bonchev–Trinajstić information content (AvgIpc) is 2.89. The highest BCUT2D eigenvalue weighted by Crippen LogP contribution is 2.23. The second kappa shape index (κ2) is 15.5. The number of nitrogens with zero attached hydrogens (tertiary/aromatic N) is 3. The summed E-state index contributed by atoms with van der Waals surface area (Å²) in [6.07, 6.45) is -3.95. The van der Waals surface area contributed by atoms with Gasteiger partial charge in [-0.2, -0.15) is 15.0 Å². The summed E-state index contributed by atoms with van der Waals surface area (Å²) >= 11 is 0. The summed E-state index contributed by atoms with van der Waals surface area (Å²) in [4.78, 5) is 13.2. The van der Waals surface area contributed by atoms with E-state index in [2.05, 4.69) is 35.6 Å². The van der Waals surface area contributed by atoms with E-state index >= 15 is 0 Å². The van der Waals surface area contributed by atoms with Gasteiger partial charge >= 0.3 is 6.36 Å². The molecule has 13 heteroatoms. The van der Waals surface area contributed by atoms with Crippen LogP contribution >= 0.6 is 0 Å². The second-order valence-corrected chi connectivity index (χ2v) is 7.95. The normalized spacial score (nSPS) is 11.3. The van der Waals surface area contributed by atoms with Crippen LogP contribution in [0, 0.1) is 0 Å². The van der Waals surface area contributed by atoms with Crippen molar-refractivity contribution in [3.8, 4) is 5.75 Å². The molecule has 3 aromatic rings. The maximum atomic E-state index is 12.4. The summed E-state index contributed by atoms with van der Waals surface area (Å²) in [6, 6.07) is 15.6. The van der Waals surface area contributed by atoms with Gasteiger partial charge in [0.1, 0.15) is 5.75 Å². The number of alkyl halides is 3. The van der Waals surface area contributed by atoms with E-state index in [9.17, 15) is 13.2 Å². The van der Waals surface area contributed by atoms with Gasteiger partial charge in [0.05, 0.1) is 26.4 Å². The molecule has 0 atom stereocenters. The fourth-order valence-electron chi connectivity index (χ4n) is 3.21. The highest BCUT2D eigenvalue weighted by Gasteiger charge is 2.30. The number of nitrogens with one attached hydrogen (secondary N) is 3. The van der Waals surface area contributed by atoms with Gasteiger partial charge in [-0.25, -0.2) is 0 Å². The van der Waals surface area contributed by atoms with Crippen LogP contribution in [0.15, 0.2) is 54.6 Å². The van der Waals surface area contributed by atoms with E-state index in [1.807, 2.05) is 30.3 Å². The van der Waals surface area contributed by atoms with Gasteiger partial charge in [-0.1, -0.05) is 42.5 Å². The lowest BCUT2D eigenvalue weighted by Gasteiger charge is -2.12. The minimum absolute atomic E-state index is 0.283. The van der Waals surface area contributed by atoms with Crippen molar-refractivity contribution in [2.24, 2.45) is 5.73 Å². The quantitative estimate of drug-likeness (QED) is 0.191. The van der Waals surface area contributed by atoms with Crippen LogP contribution in [0.25, 0.3) is 0 Å². The summed E-state index contributed by atoms with van der Waals surface area (Å²) in [6.45, 7) is 3.66. The molecule has 0 radical (unpaired) electrons. The number of nitrogens with two attached hydrogens (primary N) is 1. The van der Waals surface area contributed by atoms with Gasteiger partial charge in [-0.05, 0) is 29.7 Å². The van der Waals surface area contributed by atoms with Gasteiger partial charge in [-0.15, -0.1) is 13.2 Å². The number of halogens is 3. The Morgan fingerprint density at radius 1 is 0.684 bits per heavy atom.